The van der Waals surface area contributed by atoms with Gasteiger partial charge in [0.05, 0.1) is 16.7 Å². The summed E-state index contributed by atoms with van der Waals surface area (Å²) in [5.41, 5.74) is 0. The van der Waals surface area contributed by atoms with Gasteiger partial charge in [-0.2, -0.15) is 4.21 Å². The second-order valence-corrected chi connectivity index (χ2v) is 9.33. The van der Waals surface area contributed by atoms with Gasteiger partial charge in [0.1, 0.15) is 9.75 Å². The van der Waals surface area contributed by atoms with Crippen LogP contribution < -0.4 is 5.32 Å². The fourth-order valence-corrected chi connectivity index (χ4v) is 7.01. The lowest BCUT2D eigenvalue weighted by molar-refractivity contribution is 0.0829. The van der Waals surface area contributed by atoms with Gasteiger partial charge < -0.3 is 5.11 Å². The van der Waals surface area contributed by atoms with Crippen LogP contribution in [-0.2, 0) is 19.7 Å². The molecule has 0 aromatic heterocycles. The molecule has 1 aliphatic heterocycles. The summed E-state index contributed by atoms with van der Waals surface area (Å²) in [5.74, 6) is -1.79. The van der Waals surface area contributed by atoms with E-state index in [0.717, 1.165) is 0 Å². The van der Waals surface area contributed by atoms with Crippen molar-refractivity contribution in [3.8, 4) is 0 Å². The molecule has 0 aromatic carbocycles. The van der Waals surface area contributed by atoms with E-state index in [1.165, 1.54) is 0 Å². The average Bonchev–Trinajstić information content (AvgIpc) is 2.59. The number of hydrogen-bond donors (Lipinski definition) is 2. The Hall–Kier alpha value is 0.820. The zero-order valence-electron chi connectivity index (χ0n) is 10.7. The van der Waals surface area contributed by atoms with E-state index in [-0.39, 0.29) is 16.7 Å². The van der Waals surface area contributed by atoms with Gasteiger partial charge in [0.15, 0.2) is 10.6 Å². The highest BCUT2D eigenvalue weighted by Crippen LogP contribution is 2.76. The van der Waals surface area contributed by atoms with Gasteiger partial charge in [0.2, 0.25) is 0 Å². The normalized spacial score (nSPS) is 48.1. The van der Waals surface area contributed by atoms with Crippen LogP contribution in [0.1, 0.15) is 0 Å². The largest absolute Gasteiger partial charge is 0.465 e. The Morgan fingerprint density at radius 3 is 2.35 bits per heavy atom. The van der Waals surface area contributed by atoms with Gasteiger partial charge in [-0.1, -0.05) is 46.4 Å². The van der Waals surface area contributed by atoms with E-state index >= 15 is 0 Å². The Morgan fingerprint density at radius 2 is 1.78 bits per heavy atom. The molecule has 3 aliphatic rings. The molecular formula is C10H7Cl6NO5S. The minimum Gasteiger partial charge on any atom is -0.465 e. The molecule has 23 heavy (non-hydrogen) atoms. The third-order valence-electron chi connectivity index (χ3n) is 4.27. The molecule has 1 saturated carbocycles. The molecule has 0 spiro atoms. The number of hydrogen-bond acceptors (Lipinski definition) is 4. The number of alkyl halides is 4. The summed E-state index contributed by atoms with van der Waals surface area (Å²) in [6.45, 7) is -0.228. The van der Waals surface area contributed by atoms with Crippen LogP contribution in [0.3, 0.4) is 0 Å². The Kier molecular flexibility index (Phi) is 4.58. The maximum absolute atomic E-state index is 11.7. The number of carbonyl (C=O) groups is 1. The van der Waals surface area contributed by atoms with E-state index in [1.807, 2.05) is 0 Å². The molecule has 2 aliphatic carbocycles. The van der Waals surface area contributed by atoms with Crippen LogP contribution in [0, 0.1) is 11.8 Å². The van der Waals surface area contributed by atoms with Crippen LogP contribution in [0.2, 0.25) is 0 Å². The predicted molar refractivity (Wildman–Crippen MR) is 87.4 cm³/mol. The summed E-state index contributed by atoms with van der Waals surface area (Å²) in [4.78, 5) is 7.62. The van der Waals surface area contributed by atoms with Crippen molar-refractivity contribution in [1.29, 1.82) is 0 Å². The molecule has 1 heterocycles. The number of halogens is 6. The lowest BCUT2D eigenvalue weighted by atomic mass is 9.81. The highest BCUT2D eigenvalue weighted by atomic mass is 35.5. The average molecular weight is 466 g/mol. The van der Waals surface area contributed by atoms with E-state index in [1.54, 1.807) is 0 Å². The molecule has 2 bridgehead atoms. The molecule has 1 amide bonds. The van der Waals surface area contributed by atoms with Crippen molar-refractivity contribution < 1.29 is 22.5 Å². The molecular weight excluding hydrogens is 459 g/mol. The molecule has 2 N–H and O–H groups in total. The third kappa shape index (κ3) is 2.15. The van der Waals surface area contributed by atoms with Crippen LogP contribution >= 0.6 is 69.6 Å². The zero-order chi connectivity index (χ0) is 17.4. The minimum atomic E-state index is -2.23. The fraction of sp³-hybridized carbons (Fsp3) is 0.700. The molecule has 0 radical (unpaired) electrons. The van der Waals surface area contributed by atoms with E-state index in [9.17, 15) is 9.00 Å². The van der Waals surface area contributed by atoms with Crippen molar-refractivity contribution in [2.75, 3.05) is 6.61 Å². The molecule has 2 fully saturated rings. The first-order chi connectivity index (χ1) is 10.5. The molecule has 130 valence electrons. The summed E-state index contributed by atoms with van der Waals surface area (Å²) in [5, 5.41) is 10.9. The van der Waals surface area contributed by atoms with Gasteiger partial charge >= 0.3 is 17.5 Å². The number of carboxylic acid groups (broad SMARTS) is 1. The van der Waals surface area contributed by atoms with E-state index in [4.69, 9.17) is 83.1 Å². The predicted octanol–water partition coefficient (Wildman–Crippen LogP) is 3.28. The monoisotopic (exact) mass is 463 g/mol. The Balaban J connectivity index is 2.19. The van der Waals surface area contributed by atoms with Crippen LogP contribution in [-0.4, -0.2) is 42.3 Å². The summed E-state index contributed by atoms with van der Waals surface area (Å²) in [7, 11) is 0. The van der Waals surface area contributed by atoms with Crippen molar-refractivity contribution in [2.24, 2.45) is 11.8 Å². The first-order valence-corrected chi connectivity index (χ1v) is 9.29. The highest BCUT2D eigenvalue weighted by Gasteiger charge is 2.84. The smallest absolute Gasteiger partial charge is 0.406 e. The molecule has 0 aromatic rings. The van der Waals surface area contributed by atoms with Gasteiger partial charge in [-0.15, -0.1) is 23.2 Å². The molecule has 6 atom stereocenters. The minimum absolute atomic E-state index is 0.0626. The fourth-order valence-electron chi connectivity index (χ4n) is 3.31. The van der Waals surface area contributed by atoms with Crippen molar-refractivity contribution >= 4 is 87.1 Å². The van der Waals surface area contributed by atoms with Crippen LogP contribution in [0.25, 0.3) is 0 Å². The zero-order valence-corrected chi connectivity index (χ0v) is 16.0. The second-order valence-electron chi connectivity index (χ2n) is 5.21. The first-order valence-electron chi connectivity index (χ1n) is 6.03. The molecule has 1 saturated heterocycles. The van der Waals surface area contributed by atoms with Crippen molar-refractivity contribution in [3.63, 3.8) is 0 Å². The molecule has 3 rings (SSSR count). The molecule has 6 nitrogen and oxygen atoms in total. The van der Waals surface area contributed by atoms with E-state index in [2.05, 4.69) is 5.32 Å². The highest BCUT2D eigenvalue weighted by molar-refractivity contribution is 7.75. The quantitative estimate of drug-likeness (QED) is 0.580. The van der Waals surface area contributed by atoms with E-state index < -0.39 is 49.6 Å². The lowest BCUT2D eigenvalue weighted by Crippen LogP contribution is -2.52. The molecule has 13 heteroatoms. The Bertz CT molecular complexity index is 645. The molecule has 6 unspecified atom stereocenters. The summed E-state index contributed by atoms with van der Waals surface area (Å²) < 4.78 is 19.8. The topological polar surface area (TPSA) is 84.9 Å². The van der Waals surface area contributed by atoms with Crippen LogP contribution in [0.15, 0.2) is 10.1 Å². The van der Waals surface area contributed by atoms with Crippen molar-refractivity contribution in [1.82, 2.24) is 5.32 Å². The summed E-state index contributed by atoms with van der Waals surface area (Å²) in [6.07, 6.45) is -2.82. The Labute approximate surface area is 163 Å². The van der Waals surface area contributed by atoms with Crippen molar-refractivity contribution in [3.05, 3.63) is 10.1 Å². The summed E-state index contributed by atoms with van der Waals surface area (Å²) >= 11 is 36.1. The first kappa shape index (κ1) is 18.6. The standard InChI is InChI=1S/C10H7Cl6NO5S/c11-4-5(12)9(14)3-2(8(4,13)10(9,15)16)1-21-23(20)22-6(3)17-7(18)19/h2-3,6,17H,1H2,(H,18,19). The summed E-state index contributed by atoms with van der Waals surface area (Å²) in [6, 6.07) is 0. The van der Waals surface area contributed by atoms with E-state index in [0.29, 0.717) is 0 Å². The number of amides is 1. The SMILES string of the molecule is O=C(O)NC1OS(=O)OCC2C1C1(Cl)C(Cl)=C(Cl)C2(Cl)C1(Cl)Cl. The maximum Gasteiger partial charge on any atom is 0.406 e. The van der Waals surface area contributed by atoms with Crippen LogP contribution in [0.4, 0.5) is 4.79 Å². The van der Waals surface area contributed by atoms with Gasteiger partial charge in [0, 0.05) is 11.8 Å². The number of rotatable bonds is 1. The number of allylic oxidation sites excluding steroid dienone is 2. The van der Waals surface area contributed by atoms with Gasteiger partial charge in [-0.3, -0.25) is 9.50 Å². The van der Waals surface area contributed by atoms with Crippen LogP contribution in [0.5, 0.6) is 0 Å². The lowest BCUT2D eigenvalue weighted by Gasteiger charge is -2.37. The second kappa shape index (κ2) is 5.66. The van der Waals surface area contributed by atoms with Gasteiger partial charge in [-0.05, 0) is 0 Å². The number of nitrogens with one attached hydrogen (secondary N) is 1. The maximum atomic E-state index is 11.7. The Morgan fingerprint density at radius 1 is 1.22 bits per heavy atom. The van der Waals surface area contributed by atoms with Gasteiger partial charge in [-0.25, -0.2) is 8.98 Å². The third-order valence-corrected chi connectivity index (χ3v) is 9.28. The number of fused-ring (bicyclic) bond motifs is 5. The van der Waals surface area contributed by atoms with Crippen molar-refractivity contribution in [2.45, 2.75) is 20.3 Å². The van der Waals surface area contributed by atoms with Gasteiger partial charge in [0.25, 0.3) is 0 Å².